The first kappa shape index (κ1) is 13.6. The van der Waals surface area contributed by atoms with Gasteiger partial charge in [0.15, 0.2) is 0 Å². The van der Waals surface area contributed by atoms with E-state index in [0.717, 1.165) is 18.4 Å². The second-order valence-electron chi connectivity index (χ2n) is 5.97. The summed E-state index contributed by atoms with van der Waals surface area (Å²) in [5, 5.41) is 3.79. The van der Waals surface area contributed by atoms with Crippen LogP contribution in [0.1, 0.15) is 56.7 Å². The molecule has 0 saturated heterocycles. The van der Waals surface area contributed by atoms with E-state index in [4.69, 9.17) is 0 Å². The van der Waals surface area contributed by atoms with Crippen LogP contribution in [0, 0.1) is 18.8 Å². The molecule has 3 unspecified atom stereocenters. The molecule has 18 heavy (non-hydrogen) atoms. The Labute approximate surface area is 112 Å². The third-order valence-electron chi connectivity index (χ3n) is 4.34. The Kier molecular flexibility index (Phi) is 4.82. The zero-order valence-electron chi connectivity index (χ0n) is 12.1. The predicted octanol–water partition coefficient (Wildman–Crippen LogP) is 4.47. The van der Waals surface area contributed by atoms with E-state index in [9.17, 15) is 0 Å². The van der Waals surface area contributed by atoms with Crippen molar-refractivity contribution in [2.45, 2.75) is 52.5 Å². The van der Waals surface area contributed by atoms with E-state index in [1.807, 2.05) is 0 Å². The summed E-state index contributed by atoms with van der Waals surface area (Å²) in [7, 11) is 0. The summed E-state index contributed by atoms with van der Waals surface area (Å²) in [6, 6.07) is 9.45. The van der Waals surface area contributed by atoms with Gasteiger partial charge in [-0.3, -0.25) is 0 Å². The molecule has 0 aliphatic heterocycles. The number of hydrogen-bond acceptors (Lipinski definition) is 1. The number of hydrogen-bond donors (Lipinski definition) is 1. The van der Waals surface area contributed by atoms with Crippen molar-refractivity contribution < 1.29 is 0 Å². The number of rotatable bonds is 5. The molecule has 0 bridgehead atoms. The molecule has 1 nitrogen and oxygen atoms in total. The lowest BCUT2D eigenvalue weighted by atomic mass is 9.88. The molecule has 3 atom stereocenters. The zero-order chi connectivity index (χ0) is 13.0. The Bertz CT molecular complexity index is 372. The molecular formula is C17H27N. The molecule has 1 fully saturated rings. The van der Waals surface area contributed by atoms with E-state index in [0.29, 0.717) is 6.04 Å². The SMILES string of the molecule is CCCNC(c1ccccc1C)C1CCC(C)C1. The lowest BCUT2D eigenvalue weighted by Gasteiger charge is -2.27. The largest absolute Gasteiger partial charge is 0.310 e. The molecule has 1 N–H and O–H groups in total. The molecule has 0 heterocycles. The summed E-state index contributed by atoms with van der Waals surface area (Å²) in [4.78, 5) is 0. The van der Waals surface area contributed by atoms with E-state index in [-0.39, 0.29) is 0 Å². The second-order valence-corrected chi connectivity index (χ2v) is 5.97. The van der Waals surface area contributed by atoms with Gasteiger partial charge in [0.2, 0.25) is 0 Å². The van der Waals surface area contributed by atoms with Crippen molar-refractivity contribution in [1.82, 2.24) is 5.32 Å². The van der Waals surface area contributed by atoms with Gasteiger partial charge in [-0.1, -0.05) is 44.5 Å². The fourth-order valence-electron chi connectivity index (χ4n) is 3.32. The Morgan fingerprint density at radius 1 is 1.28 bits per heavy atom. The summed E-state index contributed by atoms with van der Waals surface area (Å²) in [6.07, 6.45) is 5.39. The molecule has 1 aromatic carbocycles. The minimum Gasteiger partial charge on any atom is -0.310 e. The van der Waals surface area contributed by atoms with E-state index < -0.39 is 0 Å². The van der Waals surface area contributed by atoms with Gasteiger partial charge in [0.1, 0.15) is 0 Å². The lowest BCUT2D eigenvalue weighted by Crippen LogP contribution is -2.28. The van der Waals surface area contributed by atoms with Gasteiger partial charge >= 0.3 is 0 Å². The molecule has 1 heteroatoms. The molecule has 1 aliphatic rings. The van der Waals surface area contributed by atoms with Crippen LogP contribution in [0.4, 0.5) is 0 Å². The Balaban J connectivity index is 2.17. The van der Waals surface area contributed by atoms with Crippen LogP contribution in [-0.2, 0) is 0 Å². The first-order valence-corrected chi connectivity index (χ1v) is 7.51. The first-order chi connectivity index (χ1) is 8.72. The number of nitrogens with one attached hydrogen (secondary N) is 1. The van der Waals surface area contributed by atoms with Crippen molar-refractivity contribution in [3.05, 3.63) is 35.4 Å². The van der Waals surface area contributed by atoms with Crippen molar-refractivity contribution >= 4 is 0 Å². The van der Waals surface area contributed by atoms with Crippen molar-refractivity contribution in [2.75, 3.05) is 6.54 Å². The number of aryl methyl sites for hydroxylation is 1. The van der Waals surface area contributed by atoms with Gasteiger partial charge < -0.3 is 5.32 Å². The zero-order valence-corrected chi connectivity index (χ0v) is 12.1. The van der Waals surface area contributed by atoms with Crippen LogP contribution in [0.2, 0.25) is 0 Å². The molecular weight excluding hydrogens is 218 g/mol. The first-order valence-electron chi connectivity index (χ1n) is 7.51. The quantitative estimate of drug-likeness (QED) is 0.807. The molecule has 0 amide bonds. The number of benzene rings is 1. The molecule has 100 valence electrons. The van der Waals surface area contributed by atoms with Crippen LogP contribution >= 0.6 is 0 Å². The maximum atomic E-state index is 3.79. The normalized spacial score (nSPS) is 25.3. The fourth-order valence-corrected chi connectivity index (χ4v) is 3.32. The fraction of sp³-hybridized carbons (Fsp3) is 0.647. The third-order valence-corrected chi connectivity index (χ3v) is 4.34. The Morgan fingerprint density at radius 3 is 2.67 bits per heavy atom. The Hall–Kier alpha value is -0.820. The van der Waals surface area contributed by atoms with Gasteiger partial charge in [0.05, 0.1) is 0 Å². The van der Waals surface area contributed by atoms with E-state index in [1.165, 1.54) is 36.8 Å². The van der Waals surface area contributed by atoms with Gasteiger partial charge in [-0.25, -0.2) is 0 Å². The summed E-state index contributed by atoms with van der Waals surface area (Å²) in [5.74, 6) is 1.73. The van der Waals surface area contributed by atoms with Crippen LogP contribution < -0.4 is 5.32 Å². The highest BCUT2D eigenvalue weighted by Crippen LogP contribution is 2.39. The van der Waals surface area contributed by atoms with E-state index in [2.05, 4.69) is 50.4 Å². The minimum atomic E-state index is 0.566. The lowest BCUT2D eigenvalue weighted by molar-refractivity contribution is 0.358. The summed E-state index contributed by atoms with van der Waals surface area (Å²) >= 11 is 0. The van der Waals surface area contributed by atoms with E-state index in [1.54, 1.807) is 0 Å². The molecule has 0 radical (unpaired) electrons. The molecule has 2 rings (SSSR count). The predicted molar refractivity (Wildman–Crippen MR) is 78.7 cm³/mol. The van der Waals surface area contributed by atoms with Gasteiger partial charge in [-0.05, 0) is 55.7 Å². The average Bonchev–Trinajstić information content (AvgIpc) is 2.78. The smallest absolute Gasteiger partial charge is 0.0351 e. The van der Waals surface area contributed by atoms with Crippen molar-refractivity contribution in [1.29, 1.82) is 0 Å². The highest BCUT2D eigenvalue weighted by Gasteiger charge is 2.29. The van der Waals surface area contributed by atoms with E-state index >= 15 is 0 Å². The standard InChI is InChI=1S/C17H27N/c1-4-11-18-17(15-10-9-13(2)12-15)16-8-6-5-7-14(16)3/h5-8,13,15,17-18H,4,9-12H2,1-3H3. The average molecular weight is 245 g/mol. The molecule has 0 spiro atoms. The van der Waals surface area contributed by atoms with Crippen LogP contribution in [0.5, 0.6) is 0 Å². The summed E-state index contributed by atoms with van der Waals surface area (Å²) < 4.78 is 0. The highest BCUT2D eigenvalue weighted by molar-refractivity contribution is 5.29. The summed E-state index contributed by atoms with van der Waals surface area (Å²) in [5.41, 5.74) is 2.95. The van der Waals surface area contributed by atoms with Crippen LogP contribution in [0.3, 0.4) is 0 Å². The van der Waals surface area contributed by atoms with Crippen molar-refractivity contribution in [3.63, 3.8) is 0 Å². The van der Waals surface area contributed by atoms with Crippen LogP contribution in [0.25, 0.3) is 0 Å². The van der Waals surface area contributed by atoms with Gasteiger partial charge in [0, 0.05) is 6.04 Å². The van der Waals surface area contributed by atoms with Gasteiger partial charge in [0.25, 0.3) is 0 Å². The minimum absolute atomic E-state index is 0.566. The maximum Gasteiger partial charge on any atom is 0.0351 e. The maximum absolute atomic E-state index is 3.79. The Morgan fingerprint density at radius 2 is 2.06 bits per heavy atom. The monoisotopic (exact) mass is 245 g/mol. The second kappa shape index (κ2) is 6.38. The third kappa shape index (κ3) is 3.14. The van der Waals surface area contributed by atoms with Gasteiger partial charge in [-0.2, -0.15) is 0 Å². The highest BCUT2D eigenvalue weighted by atomic mass is 14.9. The molecule has 1 saturated carbocycles. The molecule has 0 aromatic heterocycles. The summed E-state index contributed by atoms with van der Waals surface area (Å²) in [6.45, 7) is 8.02. The van der Waals surface area contributed by atoms with Crippen molar-refractivity contribution in [3.8, 4) is 0 Å². The topological polar surface area (TPSA) is 12.0 Å². The molecule has 1 aliphatic carbocycles. The van der Waals surface area contributed by atoms with Crippen LogP contribution in [-0.4, -0.2) is 6.54 Å². The van der Waals surface area contributed by atoms with Gasteiger partial charge in [-0.15, -0.1) is 0 Å². The van der Waals surface area contributed by atoms with Crippen molar-refractivity contribution in [2.24, 2.45) is 11.8 Å². The van der Waals surface area contributed by atoms with Crippen LogP contribution in [0.15, 0.2) is 24.3 Å². The molecule has 1 aromatic rings.